The Bertz CT molecular complexity index is 507. The molecule has 4 nitrogen and oxygen atoms in total. The number of rotatable bonds is 4. The first-order chi connectivity index (χ1) is 8.19. The van der Waals surface area contributed by atoms with Crippen LogP contribution in [0.2, 0.25) is 0 Å². The van der Waals surface area contributed by atoms with Gasteiger partial charge in [0.15, 0.2) is 0 Å². The Labute approximate surface area is 105 Å². The van der Waals surface area contributed by atoms with Gasteiger partial charge in [-0.05, 0) is 20.3 Å². The molecule has 0 amide bonds. The maximum atomic E-state index is 4.37. The van der Waals surface area contributed by atoms with Gasteiger partial charge in [-0.25, -0.2) is 15.0 Å². The summed E-state index contributed by atoms with van der Waals surface area (Å²) in [6, 6.07) is 2.00. The fraction of sp³-hybridized carbons (Fsp3) is 0.417. The van der Waals surface area contributed by atoms with E-state index in [0.717, 1.165) is 36.0 Å². The molecule has 0 radical (unpaired) electrons. The van der Waals surface area contributed by atoms with Gasteiger partial charge in [-0.1, -0.05) is 6.92 Å². The monoisotopic (exact) mass is 248 g/mol. The van der Waals surface area contributed by atoms with Crippen molar-refractivity contribution in [1.82, 2.24) is 15.0 Å². The second-order valence-electron chi connectivity index (χ2n) is 3.86. The van der Waals surface area contributed by atoms with E-state index in [-0.39, 0.29) is 0 Å². The number of anilines is 1. The minimum Gasteiger partial charge on any atom is -0.365 e. The minimum absolute atomic E-state index is 0.774. The molecule has 0 bridgehead atoms. The smallest absolute Gasteiger partial charge is 0.130 e. The van der Waals surface area contributed by atoms with Crippen molar-refractivity contribution in [3.63, 3.8) is 0 Å². The lowest BCUT2D eigenvalue weighted by atomic mass is 10.3. The van der Waals surface area contributed by atoms with E-state index in [1.165, 1.54) is 4.88 Å². The molecule has 0 aliphatic heterocycles. The molecule has 1 N–H and O–H groups in total. The molecule has 0 atom stereocenters. The van der Waals surface area contributed by atoms with Gasteiger partial charge in [-0.2, -0.15) is 0 Å². The third-order valence-electron chi connectivity index (χ3n) is 2.53. The number of aromatic nitrogens is 3. The zero-order valence-corrected chi connectivity index (χ0v) is 11.1. The van der Waals surface area contributed by atoms with Crippen molar-refractivity contribution < 1.29 is 0 Å². The summed E-state index contributed by atoms with van der Waals surface area (Å²) in [6.07, 6.45) is 0.928. The average Bonchev–Trinajstić information content (AvgIpc) is 2.71. The van der Waals surface area contributed by atoms with Gasteiger partial charge in [-0.15, -0.1) is 11.3 Å². The molecule has 2 heterocycles. The molecule has 0 unspecified atom stereocenters. The molecular weight excluding hydrogens is 232 g/mol. The highest BCUT2D eigenvalue weighted by atomic mass is 32.1. The number of aryl methyl sites for hydroxylation is 3. The van der Waals surface area contributed by atoms with Crippen molar-refractivity contribution in [2.75, 3.05) is 5.32 Å². The van der Waals surface area contributed by atoms with Crippen LogP contribution in [0.1, 0.15) is 29.0 Å². The molecule has 5 heteroatoms. The van der Waals surface area contributed by atoms with Crippen LogP contribution in [-0.4, -0.2) is 15.0 Å². The maximum absolute atomic E-state index is 4.37. The second-order valence-corrected chi connectivity index (χ2v) is 4.80. The summed E-state index contributed by atoms with van der Waals surface area (Å²) in [7, 11) is 0. The molecule has 0 aliphatic rings. The summed E-state index contributed by atoms with van der Waals surface area (Å²) >= 11 is 1.67. The van der Waals surface area contributed by atoms with E-state index < -0.39 is 0 Å². The SMILES string of the molecule is CCc1cc(NCc2scnc2C)nc(C)n1. The maximum Gasteiger partial charge on any atom is 0.130 e. The van der Waals surface area contributed by atoms with E-state index >= 15 is 0 Å². The molecule has 2 rings (SSSR count). The van der Waals surface area contributed by atoms with Crippen molar-refractivity contribution in [3.05, 3.63) is 33.7 Å². The van der Waals surface area contributed by atoms with Crippen molar-refractivity contribution in [3.8, 4) is 0 Å². The fourth-order valence-electron chi connectivity index (χ4n) is 1.57. The highest BCUT2D eigenvalue weighted by molar-refractivity contribution is 7.09. The lowest BCUT2D eigenvalue weighted by Gasteiger charge is -2.07. The number of hydrogen-bond donors (Lipinski definition) is 1. The molecule has 0 aromatic carbocycles. The summed E-state index contributed by atoms with van der Waals surface area (Å²) in [4.78, 5) is 14.2. The van der Waals surface area contributed by atoms with Gasteiger partial charge in [0.05, 0.1) is 17.7 Å². The zero-order chi connectivity index (χ0) is 12.3. The highest BCUT2D eigenvalue weighted by Gasteiger charge is 2.03. The van der Waals surface area contributed by atoms with Crippen LogP contribution in [0.15, 0.2) is 11.6 Å². The molecule has 0 aliphatic carbocycles. The molecule has 17 heavy (non-hydrogen) atoms. The van der Waals surface area contributed by atoms with E-state index in [1.807, 2.05) is 25.4 Å². The molecule has 0 saturated heterocycles. The Hall–Kier alpha value is -1.49. The summed E-state index contributed by atoms with van der Waals surface area (Å²) in [5, 5.41) is 3.32. The van der Waals surface area contributed by atoms with Crippen LogP contribution in [0.3, 0.4) is 0 Å². The molecule has 2 aromatic rings. The van der Waals surface area contributed by atoms with Gasteiger partial charge in [0.1, 0.15) is 11.6 Å². The van der Waals surface area contributed by atoms with Gasteiger partial charge >= 0.3 is 0 Å². The fourth-order valence-corrected chi connectivity index (χ4v) is 2.28. The van der Waals surface area contributed by atoms with Crippen molar-refractivity contribution >= 4 is 17.2 Å². The van der Waals surface area contributed by atoms with Gasteiger partial charge in [0.25, 0.3) is 0 Å². The number of nitrogens with one attached hydrogen (secondary N) is 1. The summed E-state index contributed by atoms with van der Waals surface area (Å²) in [5.41, 5.74) is 4.03. The molecule has 90 valence electrons. The Morgan fingerprint density at radius 3 is 2.76 bits per heavy atom. The molecule has 2 aromatic heterocycles. The minimum atomic E-state index is 0.774. The zero-order valence-electron chi connectivity index (χ0n) is 10.3. The first-order valence-corrected chi connectivity index (χ1v) is 6.54. The lowest BCUT2D eigenvalue weighted by molar-refractivity contribution is 0.942. The van der Waals surface area contributed by atoms with Crippen molar-refractivity contribution in [2.24, 2.45) is 0 Å². The Morgan fingerprint density at radius 2 is 2.12 bits per heavy atom. The molecule has 0 saturated carbocycles. The summed E-state index contributed by atoms with van der Waals surface area (Å²) in [5.74, 6) is 1.70. The Morgan fingerprint density at radius 1 is 1.29 bits per heavy atom. The van der Waals surface area contributed by atoms with E-state index in [0.29, 0.717) is 0 Å². The highest BCUT2D eigenvalue weighted by Crippen LogP contribution is 2.14. The van der Waals surface area contributed by atoms with Crippen LogP contribution in [0.4, 0.5) is 5.82 Å². The van der Waals surface area contributed by atoms with Crippen LogP contribution in [0, 0.1) is 13.8 Å². The lowest BCUT2D eigenvalue weighted by Crippen LogP contribution is -2.04. The van der Waals surface area contributed by atoms with Crippen LogP contribution in [0.25, 0.3) is 0 Å². The Balaban J connectivity index is 2.09. The first kappa shape index (κ1) is 12.0. The van der Waals surface area contributed by atoms with E-state index in [4.69, 9.17) is 0 Å². The first-order valence-electron chi connectivity index (χ1n) is 5.66. The largest absolute Gasteiger partial charge is 0.365 e. The topological polar surface area (TPSA) is 50.7 Å². The second kappa shape index (κ2) is 5.23. The number of thiazole rings is 1. The molecular formula is C12H16N4S. The van der Waals surface area contributed by atoms with Gasteiger partial charge in [-0.3, -0.25) is 0 Å². The number of nitrogens with zero attached hydrogens (tertiary/aromatic N) is 3. The van der Waals surface area contributed by atoms with Gasteiger partial charge < -0.3 is 5.32 Å². The van der Waals surface area contributed by atoms with Gasteiger partial charge in [0, 0.05) is 16.6 Å². The third-order valence-corrected chi connectivity index (χ3v) is 3.46. The van der Waals surface area contributed by atoms with Crippen LogP contribution in [-0.2, 0) is 13.0 Å². The van der Waals surface area contributed by atoms with Crippen LogP contribution >= 0.6 is 11.3 Å². The van der Waals surface area contributed by atoms with E-state index in [2.05, 4.69) is 27.2 Å². The van der Waals surface area contributed by atoms with Crippen LogP contribution < -0.4 is 5.32 Å². The molecule has 0 fully saturated rings. The molecule has 0 spiro atoms. The summed E-state index contributed by atoms with van der Waals surface area (Å²) < 4.78 is 0. The third kappa shape index (κ3) is 3.00. The van der Waals surface area contributed by atoms with E-state index in [9.17, 15) is 0 Å². The summed E-state index contributed by atoms with van der Waals surface area (Å²) in [6.45, 7) is 6.81. The van der Waals surface area contributed by atoms with Crippen molar-refractivity contribution in [2.45, 2.75) is 33.7 Å². The number of hydrogen-bond acceptors (Lipinski definition) is 5. The average molecular weight is 248 g/mol. The predicted octanol–water partition coefficient (Wildman–Crippen LogP) is 2.72. The normalized spacial score (nSPS) is 10.5. The predicted molar refractivity (Wildman–Crippen MR) is 70.3 cm³/mol. The van der Waals surface area contributed by atoms with Crippen molar-refractivity contribution in [1.29, 1.82) is 0 Å². The van der Waals surface area contributed by atoms with E-state index in [1.54, 1.807) is 11.3 Å². The quantitative estimate of drug-likeness (QED) is 0.904. The standard InChI is InChI=1S/C12H16N4S/c1-4-10-5-12(16-9(3)15-10)13-6-11-8(2)14-7-17-11/h5,7H,4,6H2,1-3H3,(H,13,15,16). The van der Waals surface area contributed by atoms with Gasteiger partial charge in [0.2, 0.25) is 0 Å². The van der Waals surface area contributed by atoms with Crippen LogP contribution in [0.5, 0.6) is 0 Å². The Kier molecular flexibility index (Phi) is 3.68.